The van der Waals surface area contributed by atoms with Gasteiger partial charge in [0.2, 0.25) is 11.8 Å². The Labute approximate surface area is 212 Å². The molecular weight excluding hydrogens is 478 g/mol. The average molecular weight is 510 g/mol. The summed E-state index contributed by atoms with van der Waals surface area (Å²) in [4.78, 5) is 27.5. The number of benzene rings is 3. The number of ether oxygens (including phenoxy) is 1. The third kappa shape index (κ3) is 6.23. The fourth-order valence-electron chi connectivity index (χ4n) is 3.69. The van der Waals surface area contributed by atoms with Crippen LogP contribution in [0.2, 0.25) is 0 Å². The summed E-state index contributed by atoms with van der Waals surface area (Å²) in [5.41, 5.74) is 2.12. The fourth-order valence-corrected chi connectivity index (χ4v) is 5.10. The molecule has 0 heterocycles. The highest BCUT2D eigenvalue weighted by molar-refractivity contribution is 7.92. The molecule has 3 rings (SSSR count). The zero-order valence-electron chi connectivity index (χ0n) is 20.8. The molecule has 1 N–H and O–H groups in total. The first-order valence-corrected chi connectivity index (χ1v) is 12.9. The number of amides is 2. The number of anilines is 1. The van der Waals surface area contributed by atoms with E-state index in [2.05, 4.69) is 5.32 Å². The molecule has 0 fully saturated rings. The average Bonchev–Trinajstić information content (AvgIpc) is 2.90. The Hall–Kier alpha value is -3.85. The van der Waals surface area contributed by atoms with Gasteiger partial charge >= 0.3 is 0 Å². The zero-order valence-corrected chi connectivity index (χ0v) is 21.7. The van der Waals surface area contributed by atoms with Crippen LogP contribution in [0.25, 0.3) is 0 Å². The molecule has 0 spiro atoms. The van der Waals surface area contributed by atoms with Crippen molar-refractivity contribution in [3.8, 4) is 5.75 Å². The summed E-state index contributed by atoms with van der Waals surface area (Å²) in [5.74, 6) is -0.341. The lowest BCUT2D eigenvalue weighted by Gasteiger charge is -2.31. The van der Waals surface area contributed by atoms with E-state index in [9.17, 15) is 18.0 Å². The first-order chi connectivity index (χ1) is 17.2. The number of likely N-dealkylation sites (N-methyl/N-ethyl adjacent to an activating group) is 1. The number of rotatable bonds is 10. The molecule has 0 aliphatic carbocycles. The molecule has 0 saturated carbocycles. The summed E-state index contributed by atoms with van der Waals surface area (Å²) in [6.45, 7) is 3.18. The largest absolute Gasteiger partial charge is 0.497 e. The van der Waals surface area contributed by atoms with Gasteiger partial charge in [-0.1, -0.05) is 48.0 Å². The molecule has 0 saturated heterocycles. The van der Waals surface area contributed by atoms with E-state index in [-0.39, 0.29) is 17.3 Å². The van der Waals surface area contributed by atoms with E-state index in [1.54, 1.807) is 43.3 Å². The van der Waals surface area contributed by atoms with E-state index < -0.39 is 28.5 Å². The molecular formula is C27H31N3O5S. The van der Waals surface area contributed by atoms with Gasteiger partial charge in [-0.25, -0.2) is 8.42 Å². The zero-order chi connectivity index (χ0) is 26.3. The minimum absolute atomic E-state index is 0.0191. The maximum Gasteiger partial charge on any atom is 0.264 e. The minimum Gasteiger partial charge on any atom is -0.497 e. The van der Waals surface area contributed by atoms with Crippen molar-refractivity contribution in [1.29, 1.82) is 0 Å². The van der Waals surface area contributed by atoms with Crippen molar-refractivity contribution in [3.05, 3.63) is 90.0 Å². The van der Waals surface area contributed by atoms with Crippen molar-refractivity contribution < 1.29 is 22.7 Å². The van der Waals surface area contributed by atoms with Gasteiger partial charge in [0.15, 0.2) is 0 Å². The molecule has 3 aromatic carbocycles. The van der Waals surface area contributed by atoms with Gasteiger partial charge in [0.1, 0.15) is 18.3 Å². The summed E-state index contributed by atoms with van der Waals surface area (Å²) in [7, 11) is -1.12. The Kier molecular flexibility index (Phi) is 8.71. The van der Waals surface area contributed by atoms with Gasteiger partial charge in [-0.05, 0) is 55.8 Å². The highest BCUT2D eigenvalue weighted by Crippen LogP contribution is 2.26. The molecule has 3 aromatic rings. The Balaban J connectivity index is 2.01. The van der Waals surface area contributed by atoms with E-state index in [0.29, 0.717) is 11.4 Å². The molecule has 0 bridgehead atoms. The van der Waals surface area contributed by atoms with Crippen LogP contribution in [0.1, 0.15) is 18.1 Å². The molecule has 190 valence electrons. The molecule has 0 unspecified atom stereocenters. The van der Waals surface area contributed by atoms with Crippen LogP contribution in [-0.2, 0) is 26.2 Å². The van der Waals surface area contributed by atoms with Crippen molar-refractivity contribution in [1.82, 2.24) is 10.2 Å². The molecule has 0 aromatic heterocycles. The number of hydrogen-bond donors (Lipinski definition) is 1. The molecule has 0 aliphatic heterocycles. The Morgan fingerprint density at radius 2 is 1.56 bits per heavy atom. The van der Waals surface area contributed by atoms with Crippen LogP contribution >= 0.6 is 0 Å². The maximum absolute atomic E-state index is 13.7. The lowest BCUT2D eigenvalue weighted by Crippen LogP contribution is -2.50. The molecule has 2 amide bonds. The molecule has 0 radical (unpaired) electrons. The van der Waals surface area contributed by atoms with Crippen molar-refractivity contribution in [2.75, 3.05) is 25.0 Å². The topological polar surface area (TPSA) is 96.0 Å². The summed E-state index contributed by atoms with van der Waals surface area (Å²) in [6, 6.07) is 21.3. The number of sulfonamides is 1. The predicted molar refractivity (Wildman–Crippen MR) is 139 cm³/mol. The summed E-state index contributed by atoms with van der Waals surface area (Å²) in [5, 5.41) is 2.57. The van der Waals surface area contributed by atoms with E-state index in [1.165, 1.54) is 31.2 Å². The van der Waals surface area contributed by atoms with E-state index >= 15 is 0 Å². The monoisotopic (exact) mass is 509 g/mol. The SMILES string of the molecule is CNC(=O)[C@H](C)N(Cc1ccccc1)C(=O)CN(c1ccc(C)cc1)S(=O)(=O)c1ccc(OC)cc1. The second-order valence-corrected chi connectivity index (χ2v) is 10.2. The molecule has 0 aliphatic rings. The quantitative estimate of drug-likeness (QED) is 0.452. The van der Waals surface area contributed by atoms with Gasteiger partial charge in [-0.3, -0.25) is 13.9 Å². The van der Waals surface area contributed by atoms with Crippen LogP contribution in [0.15, 0.2) is 83.8 Å². The van der Waals surface area contributed by atoms with E-state index in [1.807, 2.05) is 37.3 Å². The lowest BCUT2D eigenvalue weighted by molar-refractivity contribution is -0.139. The lowest BCUT2D eigenvalue weighted by atomic mass is 10.1. The summed E-state index contributed by atoms with van der Waals surface area (Å²) in [6.07, 6.45) is 0. The van der Waals surface area contributed by atoms with Crippen LogP contribution in [-0.4, -0.2) is 51.9 Å². The van der Waals surface area contributed by atoms with Gasteiger partial charge in [-0.2, -0.15) is 0 Å². The predicted octanol–water partition coefficient (Wildman–Crippen LogP) is 3.36. The third-order valence-electron chi connectivity index (χ3n) is 5.86. The maximum atomic E-state index is 13.7. The van der Waals surface area contributed by atoms with Crippen LogP contribution in [0.4, 0.5) is 5.69 Å². The number of methoxy groups -OCH3 is 1. The van der Waals surface area contributed by atoms with Crippen LogP contribution in [0.5, 0.6) is 5.75 Å². The Morgan fingerprint density at radius 1 is 0.944 bits per heavy atom. The van der Waals surface area contributed by atoms with Crippen molar-refractivity contribution in [2.24, 2.45) is 0 Å². The second-order valence-electron chi connectivity index (χ2n) is 8.32. The highest BCUT2D eigenvalue weighted by Gasteiger charge is 2.32. The smallest absolute Gasteiger partial charge is 0.264 e. The minimum atomic E-state index is -4.12. The number of nitrogens with one attached hydrogen (secondary N) is 1. The van der Waals surface area contributed by atoms with Crippen LogP contribution in [0.3, 0.4) is 0 Å². The standard InChI is InChI=1S/C27H31N3O5S/c1-20-10-12-23(13-11-20)30(36(33,34)25-16-14-24(35-4)15-17-25)19-26(31)29(21(2)27(32)28-3)18-22-8-6-5-7-9-22/h5-17,21H,18-19H2,1-4H3,(H,28,32)/t21-/m0/s1. The highest BCUT2D eigenvalue weighted by atomic mass is 32.2. The van der Waals surface area contributed by atoms with E-state index in [0.717, 1.165) is 15.4 Å². The van der Waals surface area contributed by atoms with Crippen molar-refractivity contribution in [2.45, 2.75) is 31.3 Å². The third-order valence-corrected chi connectivity index (χ3v) is 7.65. The first-order valence-electron chi connectivity index (χ1n) is 11.5. The van der Waals surface area contributed by atoms with Crippen molar-refractivity contribution in [3.63, 3.8) is 0 Å². The number of aryl methyl sites for hydroxylation is 1. The number of carbonyl (C=O) groups is 2. The van der Waals surface area contributed by atoms with Crippen LogP contribution in [0, 0.1) is 6.92 Å². The molecule has 8 nitrogen and oxygen atoms in total. The normalized spacial score (nSPS) is 11.9. The molecule has 9 heteroatoms. The van der Waals surface area contributed by atoms with Crippen molar-refractivity contribution >= 4 is 27.5 Å². The van der Waals surface area contributed by atoms with Gasteiger partial charge < -0.3 is 15.0 Å². The van der Waals surface area contributed by atoms with Crippen LogP contribution < -0.4 is 14.4 Å². The van der Waals surface area contributed by atoms with Gasteiger partial charge in [0.05, 0.1) is 17.7 Å². The second kappa shape index (κ2) is 11.7. The molecule has 36 heavy (non-hydrogen) atoms. The number of hydrogen-bond acceptors (Lipinski definition) is 5. The number of carbonyl (C=O) groups excluding carboxylic acids is 2. The van der Waals surface area contributed by atoms with Gasteiger partial charge in [-0.15, -0.1) is 0 Å². The van der Waals surface area contributed by atoms with E-state index in [4.69, 9.17) is 4.74 Å². The van der Waals surface area contributed by atoms with Gasteiger partial charge in [0, 0.05) is 13.6 Å². The Morgan fingerprint density at radius 3 is 2.11 bits per heavy atom. The fraction of sp³-hybridized carbons (Fsp3) is 0.259. The Bertz CT molecular complexity index is 1280. The number of nitrogens with zero attached hydrogens (tertiary/aromatic N) is 2. The molecule has 1 atom stereocenters. The van der Waals surface area contributed by atoms with Gasteiger partial charge in [0.25, 0.3) is 10.0 Å². The first kappa shape index (κ1) is 26.7. The summed E-state index contributed by atoms with van der Waals surface area (Å²) < 4.78 is 33.7. The summed E-state index contributed by atoms with van der Waals surface area (Å²) >= 11 is 0.